The van der Waals surface area contributed by atoms with Crippen molar-refractivity contribution in [1.29, 1.82) is 0 Å². The first-order valence-electron chi connectivity index (χ1n) is 14.6. The molecule has 1 aliphatic rings. The molecule has 1 aromatic heterocycles. The minimum atomic E-state index is -3.84. The van der Waals surface area contributed by atoms with Crippen LogP contribution in [0.1, 0.15) is 51.5 Å². The Kier molecular flexibility index (Phi) is 11.0. The highest BCUT2D eigenvalue weighted by molar-refractivity contribution is 8.05. The first-order chi connectivity index (χ1) is 20.0. The van der Waals surface area contributed by atoms with Gasteiger partial charge in [0.1, 0.15) is 17.5 Å². The van der Waals surface area contributed by atoms with Crippen LogP contribution in [-0.4, -0.2) is 55.7 Å². The number of thioether (sulfide) groups is 1. The van der Waals surface area contributed by atoms with E-state index in [-0.39, 0.29) is 39.9 Å². The number of nitrogens with one attached hydrogen (secondary N) is 2. The van der Waals surface area contributed by atoms with Crippen molar-refractivity contribution in [1.82, 2.24) is 15.2 Å². The summed E-state index contributed by atoms with van der Waals surface area (Å²) in [6.07, 6.45) is 6.50. The van der Waals surface area contributed by atoms with Crippen molar-refractivity contribution in [2.24, 2.45) is 11.8 Å². The van der Waals surface area contributed by atoms with Gasteiger partial charge in [0, 0.05) is 48.7 Å². The lowest BCUT2D eigenvalue weighted by Gasteiger charge is -2.25. The molecule has 9 nitrogen and oxygen atoms in total. The summed E-state index contributed by atoms with van der Waals surface area (Å²) in [4.78, 5) is 38.2. The van der Waals surface area contributed by atoms with Crippen LogP contribution in [0.25, 0.3) is 10.9 Å². The number of fused-ring (bicyclic) bond motifs is 5. The number of carbonyl (C=O) groups excluding carboxylic acids is 2. The summed E-state index contributed by atoms with van der Waals surface area (Å²) in [5.74, 6) is -1.54. The van der Waals surface area contributed by atoms with E-state index in [1.807, 2.05) is 32.0 Å². The number of phenolic OH excluding ortho intramolecular Hbond substituents is 2. The predicted molar refractivity (Wildman–Crippen MR) is 167 cm³/mol. The normalized spacial score (nSPS) is 18.8. The molecule has 228 valence electrons. The van der Waals surface area contributed by atoms with Gasteiger partial charge < -0.3 is 30.3 Å². The van der Waals surface area contributed by atoms with E-state index in [1.54, 1.807) is 0 Å². The number of aryl methyl sites for hydroxylation is 1. The highest BCUT2D eigenvalue weighted by Gasteiger charge is 2.33. The Morgan fingerprint density at radius 3 is 2.69 bits per heavy atom. The average Bonchev–Trinajstić information content (AvgIpc) is 3.29. The lowest BCUT2D eigenvalue weighted by molar-refractivity contribution is -0.131. The molecule has 2 amide bonds. The van der Waals surface area contributed by atoms with Crippen LogP contribution < -0.4 is 10.6 Å². The fourth-order valence-corrected chi connectivity index (χ4v) is 8.71. The van der Waals surface area contributed by atoms with Crippen LogP contribution >= 0.6 is 19.1 Å². The molecule has 0 spiro atoms. The summed E-state index contributed by atoms with van der Waals surface area (Å²) < 4.78 is 15.5. The summed E-state index contributed by atoms with van der Waals surface area (Å²) in [6.45, 7) is 5.32. The van der Waals surface area contributed by atoms with E-state index in [4.69, 9.17) is 0 Å². The van der Waals surface area contributed by atoms with Gasteiger partial charge in [-0.1, -0.05) is 44.9 Å². The Balaban J connectivity index is 1.53. The van der Waals surface area contributed by atoms with Crippen LogP contribution in [0.3, 0.4) is 0 Å². The van der Waals surface area contributed by atoms with Gasteiger partial charge in [0.05, 0.1) is 10.4 Å². The number of carbonyl (C=O) groups is 2. The van der Waals surface area contributed by atoms with E-state index in [0.717, 1.165) is 60.5 Å². The molecule has 0 saturated heterocycles. The lowest BCUT2D eigenvalue weighted by atomic mass is 9.97. The van der Waals surface area contributed by atoms with Gasteiger partial charge in [-0.15, -0.1) is 11.8 Å². The molecule has 3 atom stereocenters. The van der Waals surface area contributed by atoms with Crippen LogP contribution in [0.5, 0.6) is 11.5 Å². The van der Waals surface area contributed by atoms with Crippen LogP contribution in [0, 0.1) is 11.8 Å². The second-order valence-corrected chi connectivity index (χ2v) is 15.4. The number of benzene rings is 2. The molecule has 2 heterocycles. The second kappa shape index (κ2) is 14.5. The molecule has 5 N–H and O–H groups in total. The lowest BCUT2D eigenvalue weighted by Crippen LogP contribution is -2.50. The van der Waals surface area contributed by atoms with Crippen molar-refractivity contribution in [2.45, 2.75) is 69.9 Å². The van der Waals surface area contributed by atoms with E-state index >= 15 is 0 Å². The van der Waals surface area contributed by atoms with Crippen LogP contribution in [0.15, 0.2) is 53.6 Å². The molecule has 0 fully saturated rings. The molecule has 0 aliphatic carbocycles. The predicted octanol–water partition coefficient (Wildman–Crippen LogP) is 5.45. The summed E-state index contributed by atoms with van der Waals surface area (Å²) in [7, 11) is -3.84. The van der Waals surface area contributed by atoms with Gasteiger partial charge in [-0.2, -0.15) is 0 Å². The molecule has 2 unspecified atom stereocenters. The Hall–Kier alpha value is -2.94. The van der Waals surface area contributed by atoms with E-state index in [0.29, 0.717) is 19.4 Å². The number of amides is 2. The Morgan fingerprint density at radius 1 is 1.14 bits per heavy atom. The number of hydrogen-bond acceptors (Lipinski definition) is 6. The van der Waals surface area contributed by atoms with Crippen molar-refractivity contribution < 1.29 is 29.3 Å². The average molecular weight is 616 g/mol. The number of para-hydroxylation sites is 1. The number of nitrogens with zero attached hydrogens (tertiary/aromatic N) is 1. The third-order valence-corrected chi connectivity index (χ3v) is 11.3. The molecule has 2 bridgehead atoms. The third kappa shape index (κ3) is 8.79. The molecule has 11 heteroatoms. The summed E-state index contributed by atoms with van der Waals surface area (Å²) in [5, 5.41) is 26.8. The molecular formula is C31H42N3O6PS. The fraction of sp³-hybridized carbons (Fsp3) is 0.484. The largest absolute Gasteiger partial charge is 0.508 e. The Labute approximate surface area is 251 Å². The van der Waals surface area contributed by atoms with Gasteiger partial charge in [0.15, 0.2) is 0 Å². The Bertz CT molecular complexity index is 1440. The van der Waals surface area contributed by atoms with Crippen molar-refractivity contribution in [2.75, 3.05) is 18.2 Å². The number of aromatic nitrogens is 1. The van der Waals surface area contributed by atoms with Gasteiger partial charge in [-0.3, -0.25) is 14.2 Å². The van der Waals surface area contributed by atoms with Crippen molar-refractivity contribution in [3.8, 4) is 11.5 Å². The van der Waals surface area contributed by atoms with Gasteiger partial charge in [-0.25, -0.2) is 0 Å². The molecule has 3 aromatic rings. The number of hydrogen-bond donors (Lipinski definition) is 5. The topological polar surface area (TPSA) is 141 Å². The monoisotopic (exact) mass is 615 g/mol. The van der Waals surface area contributed by atoms with Crippen molar-refractivity contribution in [3.63, 3.8) is 0 Å². The SMILES string of the molecule is CC(C)CC(CP(=O)(O)CSc1cc(O)ccc1O)C(=O)N[C@H]1Cc2cn(c3ccccc23)CCCCCCNC1=O. The van der Waals surface area contributed by atoms with Crippen molar-refractivity contribution in [3.05, 3.63) is 54.2 Å². The van der Waals surface area contributed by atoms with Gasteiger partial charge in [0.25, 0.3) is 0 Å². The molecule has 1 aliphatic heterocycles. The quantitative estimate of drug-likeness (QED) is 0.122. The van der Waals surface area contributed by atoms with Crippen LogP contribution in [0.4, 0.5) is 0 Å². The van der Waals surface area contributed by atoms with E-state index < -0.39 is 25.2 Å². The standard InChI is InChI=1S/C31H42N3O6PS/c1-21(2)15-23(19-41(39,40)20-42-29-17-24(35)11-12-28(29)36)30(37)33-26-16-22-18-34(27-10-6-5-9-25(22)27)14-8-4-3-7-13-32-31(26)38/h5-6,9-12,17-18,21,23,26,35-36H,3-4,7-8,13-16,19-20H2,1-2H3,(H,32,38)(H,33,37)(H,39,40)/t23?,26-/m0/s1. The second-order valence-electron chi connectivity index (χ2n) is 11.6. The zero-order chi connectivity index (χ0) is 30.3. The number of phenols is 2. The maximum Gasteiger partial charge on any atom is 0.242 e. The fourth-order valence-electron chi connectivity index (χ4n) is 5.50. The highest BCUT2D eigenvalue weighted by atomic mass is 32.2. The van der Waals surface area contributed by atoms with Crippen molar-refractivity contribution >= 4 is 41.8 Å². The van der Waals surface area contributed by atoms with Gasteiger partial charge in [-0.05, 0) is 55.0 Å². The molecular weight excluding hydrogens is 573 g/mol. The van der Waals surface area contributed by atoms with E-state index in [2.05, 4.69) is 27.5 Å². The first kappa shape index (κ1) is 32.0. The molecule has 2 aromatic carbocycles. The summed E-state index contributed by atoms with van der Waals surface area (Å²) in [5.41, 5.74) is 1.85. The smallest absolute Gasteiger partial charge is 0.242 e. The number of aromatic hydroxyl groups is 2. The zero-order valence-electron chi connectivity index (χ0n) is 24.3. The highest BCUT2D eigenvalue weighted by Crippen LogP contribution is 2.49. The summed E-state index contributed by atoms with van der Waals surface area (Å²) >= 11 is 0.962. The number of rotatable bonds is 9. The van der Waals surface area contributed by atoms with E-state index in [9.17, 15) is 29.3 Å². The minimum absolute atomic E-state index is 0.0609. The zero-order valence-corrected chi connectivity index (χ0v) is 26.0. The van der Waals surface area contributed by atoms with Gasteiger partial charge in [0.2, 0.25) is 19.2 Å². The molecule has 42 heavy (non-hydrogen) atoms. The van der Waals surface area contributed by atoms with E-state index in [1.165, 1.54) is 18.2 Å². The Morgan fingerprint density at radius 2 is 1.90 bits per heavy atom. The minimum Gasteiger partial charge on any atom is -0.508 e. The van der Waals surface area contributed by atoms with Crippen LogP contribution in [0.2, 0.25) is 0 Å². The maximum atomic E-state index is 13.7. The summed E-state index contributed by atoms with van der Waals surface area (Å²) in [6, 6.07) is 11.2. The maximum absolute atomic E-state index is 13.7. The molecule has 0 saturated carbocycles. The van der Waals surface area contributed by atoms with Gasteiger partial charge >= 0.3 is 0 Å². The van der Waals surface area contributed by atoms with Crippen LogP contribution in [-0.2, 0) is 27.1 Å². The first-order valence-corrected chi connectivity index (χ1v) is 17.6. The molecule has 0 radical (unpaired) electrons. The molecule has 4 rings (SSSR count). The third-order valence-electron chi connectivity index (χ3n) is 7.55.